The van der Waals surface area contributed by atoms with E-state index in [4.69, 9.17) is 0 Å². The molecule has 0 bridgehead atoms. The van der Waals surface area contributed by atoms with E-state index in [1.54, 1.807) is 0 Å². The molecule has 1 saturated heterocycles. The van der Waals surface area contributed by atoms with Gasteiger partial charge in [0.2, 0.25) is 5.91 Å². The molecule has 0 spiro atoms. The predicted molar refractivity (Wildman–Crippen MR) is 77.1 cm³/mol. The lowest BCUT2D eigenvalue weighted by Crippen LogP contribution is -2.32. The van der Waals surface area contributed by atoms with Gasteiger partial charge >= 0.3 is 0 Å². The van der Waals surface area contributed by atoms with Crippen molar-refractivity contribution in [3.05, 3.63) is 42.5 Å². The van der Waals surface area contributed by atoms with E-state index in [-0.39, 0.29) is 11.9 Å². The van der Waals surface area contributed by atoms with Gasteiger partial charge < -0.3 is 10.6 Å². The second kappa shape index (κ2) is 5.69. The summed E-state index contributed by atoms with van der Waals surface area (Å²) in [7, 11) is 0. The number of anilines is 1. The van der Waals surface area contributed by atoms with Crippen molar-refractivity contribution in [2.45, 2.75) is 18.9 Å². The van der Waals surface area contributed by atoms with Gasteiger partial charge in [-0.15, -0.1) is 10.2 Å². The maximum atomic E-state index is 11.1. The highest BCUT2D eigenvalue weighted by atomic mass is 16.1. The van der Waals surface area contributed by atoms with Crippen LogP contribution >= 0.6 is 0 Å². The lowest BCUT2D eigenvalue weighted by atomic mass is 10.1. The number of hydrogen-bond acceptors (Lipinski definition) is 4. The van der Waals surface area contributed by atoms with Crippen LogP contribution in [0.3, 0.4) is 0 Å². The van der Waals surface area contributed by atoms with Gasteiger partial charge in [0, 0.05) is 24.6 Å². The van der Waals surface area contributed by atoms with Crippen LogP contribution in [0.15, 0.2) is 42.5 Å². The van der Waals surface area contributed by atoms with Crippen LogP contribution in [0.25, 0.3) is 11.3 Å². The van der Waals surface area contributed by atoms with Crippen molar-refractivity contribution >= 4 is 11.7 Å². The van der Waals surface area contributed by atoms with Gasteiger partial charge in [0.1, 0.15) is 5.82 Å². The first-order valence-electron chi connectivity index (χ1n) is 6.73. The first kappa shape index (κ1) is 12.6. The minimum atomic E-state index is 0.127. The molecule has 3 rings (SSSR count). The van der Waals surface area contributed by atoms with Crippen molar-refractivity contribution in [2.75, 3.05) is 11.9 Å². The van der Waals surface area contributed by atoms with E-state index in [0.717, 1.165) is 23.5 Å². The fourth-order valence-electron chi connectivity index (χ4n) is 2.25. The molecule has 20 heavy (non-hydrogen) atoms. The summed E-state index contributed by atoms with van der Waals surface area (Å²) >= 11 is 0. The fraction of sp³-hybridized carbons (Fsp3) is 0.267. The average molecular weight is 268 g/mol. The Hall–Kier alpha value is -2.43. The standard InChI is InChI=1S/C15H16N4O/c20-15-9-6-12(17-15)10-16-14-8-7-13(18-19-14)11-4-2-1-3-5-11/h1-5,7-8,12H,6,9-10H2,(H,16,19)(H,17,20)/t12-/m0/s1. The zero-order valence-corrected chi connectivity index (χ0v) is 11.0. The molecule has 0 unspecified atom stereocenters. The molecule has 2 heterocycles. The van der Waals surface area contributed by atoms with Gasteiger partial charge in [-0.2, -0.15) is 0 Å². The van der Waals surface area contributed by atoms with Crippen LogP contribution in [0.2, 0.25) is 0 Å². The summed E-state index contributed by atoms with van der Waals surface area (Å²) in [6.07, 6.45) is 1.49. The Morgan fingerprint density at radius 3 is 2.65 bits per heavy atom. The number of carbonyl (C=O) groups is 1. The summed E-state index contributed by atoms with van der Waals surface area (Å²) in [6, 6.07) is 14.0. The van der Waals surface area contributed by atoms with Gasteiger partial charge in [0.05, 0.1) is 5.69 Å². The third kappa shape index (κ3) is 2.93. The van der Waals surface area contributed by atoms with Crippen LogP contribution in [0.1, 0.15) is 12.8 Å². The highest BCUT2D eigenvalue weighted by Crippen LogP contribution is 2.16. The molecule has 0 aliphatic carbocycles. The third-order valence-electron chi connectivity index (χ3n) is 3.35. The molecular weight excluding hydrogens is 252 g/mol. The second-order valence-electron chi connectivity index (χ2n) is 4.85. The molecule has 0 saturated carbocycles. The zero-order chi connectivity index (χ0) is 13.8. The van der Waals surface area contributed by atoms with Crippen LogP contribution in [-0.2, 0) is 4.79 Å². The molecule has 102 valence electrons. The number of aromatic nitrogens is 2. The molecule has 0 radical (unpaired) electrons. The summed E-state index contributed by atoms with van der Waals surface area (Å²) in [4.78, 5) is 11.1. The van der Waals surface area contributed by atoms with Crippen molar-refractivity contribution in [2.24, 2.45) is 0 Å². The van der Waals surface area contributed by atoms with Gasteiger partial charge in [0.15, 0.2) is 0 Å². The summed E-state index contributed by atoms with van der Waals surface area (Å²) < 4.78 is 0. The number of hydrogen-bond donors (Lipinski definition) is 2. The number of benzene rings is 1. The van der Waals surface area contributed by atoms with Crippen LogP contribution in [0.5, 0.6) is 0 Å². The Morgan fingerprint density at radius 1 is 1.15 bits per heavy atom. The van der Waals surface area contributed by atoms with Crippen LogP contribution in [0, 0.1) is 0 Å². The highest BCUT2D eigenvalue weighted by Gasteiger charge is 2.20. The average Bonchev–Trinajstić information content (AvgIpc) is 2.92. The topological polar surface area (TPSA) is 66.9 Å². The third-order valence-corrected chi connectivity index (χ3v) is 3.35. The van der Waals surface area contributed by atoms with Crippen LogP contribution in [-0.4, -0.2) is 28.7 Å². The van der Waals surface area contributed by atoms with Gasteiger partial charge in [-0.3, -0.25) is 4.79 Å². The van der Waals surface area contributed by atoms with Gasteiger partial charge in [-0.25, -0.2) is 0 Å². The first-order valence-corrected chi connectivity index (χ1v) is 6.73. The fourth-order valence-corrected chi connectivity index (χ4v) is 2.25. The molecule has 1 fully saturated rings. The maximum absolute atomic E-state index is 11.1. The van der Waals surface area contributed by atoms with Crippen LogP contribution in [0.4, 0.5) is 5.82 Å². The van der Waals surface area contributed by atoms with E-state index in [2.05, 4.69) is 20.8 Å². The molecule has 1 aromatic heterocycles. The normalized spacial score (nSPS) is 17.8. The monoisotopic (exact) mass is 268 g/mol. The van der Waals surface area contributed by atoms with E-state index in [0.29, 0.717) is 13.0 Å². The van der Waals surface area contributed by atoms with Gasteiger partial charge in [0.25, 0.3) is 0 Å². The number of carbonyl (C=O) groups excluding carboxylic acids is 1. The van der Waals surface area contributed by atoms with E-state index >= 15 is 0 Å². The Bertz CT molecular complexity index is 583. The Balaban J connectivity index is 1.60. The summed E-state index contributed by atoms with van der Waals surface area (Å²) in [5, 5.41) is 14.5. The predicted octanol–water partition coefficient (Wildman–Crippen LogP) is 1.83. The molecule has 1 aliphatic rings. The van der Waals surface area contributed by atoms with E-state index in [1.165, 1.54) is 0 Å². The van der Waals surface area contributed by atoms with E-state index in [1.807, 2.05) is 42.5 Å². The summed E-state index contributed by atoms with van der Waals surface area (Å²) in [6.45, 7) is 0.686. The molecule has 1 aromatic carbocycles. The lowest BCUT2D eigenvalue weighted by Gasteiger charge is -2.11. The number of nitrogens with zero attached hydrogens (tertiary/aromatic N) is 2. The Morgan fingerprint density at radius 2 is 2.00 bits per heavy atom. The van der Waals surface area contributed by atoms with Crippen LogP contribution < -0.4 is 10.6 Å². The molecule has 1 atom stereocenters. The number of rotatable bonds is 4. The smallest absolute Gasteiger partial charge is 0.220 e. The van der Waals surface area contributed by atoms with E-state index in [9.17, 15) is 4.79 Å². The van der Waals surface area contributed by atoms with Crippen molar-refractivity contribution in [1.29, 1.82) is 0 Å². The summed E-state index contributed by atoms with van der Waals surface area (Å²) in [5.74, 6) is 0.855. The minimum absolute atomic E-state index is 0.127. The molecule has 2 N–H and O–H groups in total. The molecule has 1 amide bonds. The molecular formula is C15H16N4O. The SMILES string of the molecule is O=C1CC[C@@H](CNc2ccc(-c3ccccc3)nn2)N1. The highest BCUT2D eigenvalue weighted by molar-refractivity contribution is 5.78. The van der Waals surface area contributed by atoms with E-state index < -0.39 is 0 Å². The lowest BCUT2D eigenvalue weighted by molar-refractivity contribution is -0.119. The van der Waals surface area contributed by atoms with Gasteiger partial charge in [-0.1, -0.05) is 30.3 Å². The first-order chi connectivity index (χ1) is 9.81. The maximum Gasteiger partial charge on any atom is 0.220 e. The molecule has 1 aliphatic heterocycles. The summed E-state index contributed by atoms with van der Waals surface area (Å²) in [5.41, 5.74) is 1.90. The molecule has 5 nitrogen and oxygen atoms in total. The Kier molecular flexibility index (Phi) is 3.58. The molecule has 5 heteroatoms. The minimum Gasteiger partial charge on any atom is -0.367 e. The second-order valence-corrected chi connectivity index (χ2v) is 4.85. The zero-order valence-electron chi connectivity index (χ0n) is 11.0. The Labute approximate surface area is 117 Å². The van der Waals surface area contributed by atoms with Gasteiger partial charge in [-0.05, 0) is 18.6 Å². The van der Waals surface area contributed by atoms with Crippen molar-refractivity contribution in [3.63, 3.8) is 0 Å². The van der Waals surface area contributed by atoms with Crippen molar-refractivity contribution in [3.8, 4) is 11.3 Å². The molecule has 2 aromatic rings. The van der Waals surface area contributed by atoms with Crippen molar-refractivity contribution < 1.29 is 4.79 Å². The number of nitrogens with one attached hydrogen (secondary N) is 2. The number of amides is 1. The largest absolute Gasteiger partial charge is 0.367 e. The quantitative estimate of drug-likeness (QED) is 0.888. The van der Waals surface area contributed by atoms with Crippen molar-refractivity contribution in [1.82, 2.24) is 15.5 Å².